The van der Waals surface area contributed by atoms with Gasteiger partial charge in [-0.15, -0.1) is 0 Å². The first-order valence-corrected chi connectivity index (χ1v) is 7.45. The highest BCUT2D eigenvalue weighted by molar-refractivity contribution is 9.10. The van der Waals surface area contributed by atoms with E-state index in [9.17, 15) is 8.78 Å². The molecule has 0 saturated carbocycles. The minimum atomic E-state index is -0.617. The van der Waals surface area contributed by atoms with Crippen LogP contribution in [0.2, 0.25) is 5.02 Å². The minimum absolute atomic E-state index is 0.0232. The molecule has 21 heavy (non-hydrogen) atoms. The van der Waals surface area contributed by atoms with Crippen LogP contribution in [0.4, 0.5) is 8.78 Å². The fourth-order valence-electron chi connectivity index (χ4n) is 2.20. The summed E-state index contributed by atoms with van der Waals surface area (Å²) in [7, 11) is 0. The Bertz CT molecular complexity index is 644. The Hall–Kier alpha value is -1.01. The Morgan fingerprint density at radius 2 is 2.00 bits per heavy atom. The number of hydrogen-bond donors (Lipinski definition) is 2. The molecule has 1 atom stereocenters. The van der Waals surface area contributed by atoms with E-state index in [1.807, 2.05) is 13.0 Å². The van der Waals surface area contributed by atoms with Gasteiger partial charge in [-0.25, -0.2) is 8.78 Å². The molecule has 0 saturated heterocycles. The van der Waals surface area contributed by atoms with E-state index in [0.29, 0.717) is 5.02 Å². The van der Waals surface area contributed by atoms with Gasteiger partial charge >= 0.3 is 0 Å². The summed E-state index contributed by atoms with van der Waals surface area (Å²) in [4.78, 5) is 0. The van der Waals surface area contributed by atoms with Crippen molar-refractivity contribution in [3.63, 3.8) is 0 Å². The molecular weight excluding hydrogens is 362 g/mol. The number of halogens is 4. The standard InChI is InChI=1S/C15H14BrClF2N2/c1-8-4-9(6-10(17)5-8)14(21-20)7-11-13(18)3-2-12(16)15(11)19/h2-6,14,21H,7,20H2,1H3. The monoisotopic (exact) mass is 374 g/mol. The molecule has 2 aromatic rings. The molecule has 0 aromatic heterocycles. The number of hydrazine groups is 1. The molecule has 0 aliphatic heterocycles. The third-order valence-corrected chi connectivity index (χ3v) is 4.05. The zero-order valence-electron chi connectivity index (χ0n) is 11.3. The quantitative estimate of drug-likeness (QED) is 0.471. The lowest BCUT2D eigenvalue weighted by Crippen LogP contribution is -2.30. The van der Waals surface area contributed by atoms with E-state index < -0.39 is 17.7 Å². The molecule has 0 spiro atoms. The third-order valence-electron chi connectivity index (χ3n) is 3.22. The Morgan fingerprint density at radius 1 is 1.29 bits per heavy atom. The molecule has 1 unspecified atom stereocenters. The Morgan fingerprint density at radius 3 is 2.62 bits per heavy atom. The van der Waals surface area contributed by atoms with Crippen molar-refractivity contribution in [3.8, 4) is 0 Å². The average molecular weight is 376 g/mol. The second-order valence-electron chi connectivity index (χ2n) is 4.81. The number of rotatable bonds is 4. The minimum Gasteiger partial charge on any atom is -0.271 e. The summed E-state index contributed by atoms with van der Waals surface area (Å²) in [6, 6.07) is 7.53. The lowest BCUT2D eigenvalue weighted by molar-refractivity contribution is 0.498. The molecule has 0 fully saturated rings. The fraction of sp³-hybridized carbons (Fsp3) is 0.200. The molecule has 2 nitrogen and oxygen atoms in total. The van der Waals surface area contributed by atoms with Crippen molar-refractivity contribution in [2.24, 2.45) is 5.84 Å². The summed E-state index contributed by atoms with van der Waals surface area (Å²) in [5.74, 6) is 4.32. The summed E-state index contributed by atoms with van der Waals surface area (Å²) < 4.78 is 28.1. The molecule has 0 bridgehead atoms. The maximum Gasteiger partial charge on any atom is 0.143 e. The van der Waals surface area contributed by atoms with Gasteiger partial charge in [-0.3, -0.25) is 11.3 Å². The van der Waals surface area contributed by atoms with Gasteiger partial charge < -0.3 is 0 Å². The highest BCUT2D eigenvalue weighted by Gasteiger charge is 2.19. The molecule has 0 amide bonds. The van der Waals surface area contributed by atoms with E-state index in [2.05, 4.69) is 21.4 Å². The van der Waals surface area contributed by atoms with Gasteiger partial charge in [0.1, 0.15) is 11.6 Å². The number of aryl methyl sites for hydroxylation is 1. The van der Waals surface area contributed by atoms with Gasteiger partial charge in [0.2, 0.25) is 0 Å². The molecule has 2 rings (SSSR count). The lowest BCUT2D eigenvalue weighted by Gasteiger charge is -2.18. The number of nitrogens with one attached hydrogen (secondary N) is 1. The van der Waals surface area contributed by atoms with Crippen LogP contribution in [-0.2, 0) is 6.42 Å². The lowest BCUT2D eigenvalue weighted by atomic mass is 9.97. The second-order valence-corrected chi connectivity index (χ2v) is 6.10. The first kappa shape index (κ1) is 16.4. The molecule has 0 heterocycles. The number of hydrogen-bond acceptors (Lipinski definition) is 2. The van der Waals surface area contributed by atoms with Crippen molar-refractivity contribution in [2.75, 3.05) is 0 Å². The molecule has 0 aliphatic rings. The SMILES string of the molecule is Cc1cc(Cl)cc(C(Cc2c(F)ccc(Br)c2F)NN)c1. The van der Waals surface area contributed by atoms with E-state index in [4.69, 9.17) is 17.4 Å². The van der Waals surface area contributed by atoms with Crippen molar-refractivity contribution in [3.05, 3.63) is 68.2 Å². The summed E-state index contributed by atoms with van der Waals surface area (Å²) in [5, 5.41) is 0.556. The van der Waals surface area contributed by atoms with Crippen molar-refractivity contribution < 1.29 is 8.78 Å². The Balaban J connectivity index is 2.38. The molecule has 2 aromatic carbocycles. The van der Waals surface area contributed by atoms with Crippen molar-refractivity contribution >= 4 is 27.5 Å². The van der Waals surface area contributed by atoms with Crippen LogP contribution in [0.3, 0.4) is 0 Å². The first-order chi connectivity index (χ1) is 9.92. The molecule has 3 N–H and O–H groups in total. The van der Waals surface area contributed by atoms with Crippen LogP contribution in [0.15, 0.2) is 34.8 Å². The smallest absolute Gasteiger partial charge is 0.143 e. The molecule has 0 radical (unpaired) electrons. The molecule has 6 heteroatoms. The maximum atomic E-state index is 14.1. The zero-order valence-corrected chi connectivity index (χ0v) is 13.6. The van der Waals surface area contributed by atoms with Crippen molar-refractivity contribution in [1.82, 2.24) is 5.43 Å². The molecule has 112 valence electrons. The summed E-state index contributed by atoms with van der Waals surface area (Å²) in [5.41, 5.74) is 4.30. The van der Waals surface area contributed by atoms with E-state index in [1.165, 1.54) is 12.1 Å². The van der Waals surface area contributed by atoms with Crippen molar-refractivity contribution in [1.29, 1.82) is 0 Å². The molecular formula is C15H14BrClF2N2. The van der Waals surface area contributed by atoms with Gasteiger partial charge in [0, 0.05) is 10.6 Å². The van der Waals surface area contributed by atoms with Crippen LogP contribution in [0.5, 0.6) is 0 Å². The van der Waals surface area contributed by atoms with Crippen LogP contribution >= 0.6 is 27.5 Å². The summed E-state index contributed by atoms with van der Waals surface area (Å²) in [6.07, 6.45) is 0.0768. The normalized spacial score (nSPS) is 12.5. The van der Waals surface area contributed by atoms with Crippen LogP contribution in [0.25, 0.3) is 0 Å². The maximum absolute atomic E-state index is 14.1. The van der Waals surface area contributed by atoms with E-state index in [-0.39, 0.29) is 16.5 Å². The third kappa shape index (κ3) is 3.80. The number of benzene rings is 2. The topological polar surface area (TPSA) is 38.0 Å². The predicted molar refractivity (Wildman–Crippen MR) is 84.0 cm³/mol. The van der Waals surface area contributed by atoms with Gasteiger partial charge in [0.05, 0.1) is 10.5 Å². The van der Waals surface area contributed by atoms with E-state index >= 15 is 0 Å². The summed E-state index contributed by atoms with van der Waals surface area (Å²) in [6.45, 7) is 1.89. The fourth-order valence-corrected chi connectivity index (χ4v) is 2.87. The van der Waals surface area contributed by atoms with Gasteiger partial charge in [0.25, 0.3) is 0 Å². The second kappa shape index (κ2) is 6.83. The van der Waals surface area contributed by atoms with Crippen LogP contribution < -0.4 is 11.3 Å². The van der Waals surface area contributed by atoms with Crippen LogP contribution in [-0.4, -0.2) is 0 Å². The summed E-state index contributed by atoms with van der Waals surface area (Å²) >= 11 is 9.07. The predicted octanol–water partition coefficient (Wildman–Crippen LogP) is 4.44. The Kier molecular flexibility index (Phi) is 5.32. The van der Waals surface area contributed by atoms with Gasteiger partial charge in [-0.05, 0) is 64.7 Å². The van der Waals surface area contributed by atoms with Crippen molar-refractivity contribution in [2.45, 2.75) is 19.4 Å². The van der Waals surface area contributed by atoms with Gasteiger partial charge in [-0.1, -0.05) is 17.7 Å². The largest absolute Gasteiger partial charge is 0.271 e. The highest BCUT2D eigenvalue weighted by Crippen LogP contribution is 2.28. The van der Waals surface area contributed by atoms with E-state index in [1.54, 1.807) is 12.1 Å². The van der Waals surface area contributed by atoms with Crippen LogP contribution in [0, 0.1) is 18.6 Å². The zero-order chi connectivity index (χ0) is 15.6. The van der Waals surface area contributed by atoms with Crippen LogP contribution in [0.1, 0.15) is 22.7 Å². The first-order valence-electron chi connectivity index (χ1n) is 6.28. The Labute approximate surface area is 135 Å². The average Bonchev–Trinajstić information content (AvgIpc) is 2.42. The molecule has 0 aliphatic carbocycles. The van der Waals surface area contributed by atoms with Gasteiger partial charge in [-0.2, -0.15) is 0 Å². The van der Waals surface area contributed by atoms with Gasteiger partial charge in [0.15, 0.2) is 0 Å². The highest BCUT2D eigenvalue weighted by atomic mass is 79.9. The van der Waals surface area contributed by atoms with E-state index in [0.717, 1.165) is 11.1 Å². The number of nitrogens with two attached hydrogens (primary N) is 1.